The zero-order valence-electron chi connectivity index (χ0n) is 20.2. The Hall–Kier alpha value is -3.39. The molecule has 0 saturated carbocycles. The summed E-state index contributed by atoms with van der Waals surface area (Å²) in [7, 11) is 0. The molecule has 2 aromatic rings. The first-order chi connectivity index (χ1) is 16.8. The van der Waals surface area contributed by atoms with E-state index in [1.807, 2.05) is 31.2 Å². The van der Waals surface area contributed by atoms with Crippen molar-refractivity contribution in [3.63, 3.8) is 0 Å². The monoisotopic (exact) mass is 480 g/mol. The number of aliphatic carboxylic acids is 1. The molecule has 2 aromatic carbocycles. The Bertz CT molecular complexity index is 1060. The molecule has 2 amide bonds. The standard InChI is InChI=1S/C27H32N2O6/c1-3-13-29(14-12-24(30)31)25(32)27(2)17-34-16-23(27)28-26(33)35-15-22-20-10-6-4-8-18(20)19-9-5-7-11-21(19)22/h4-11,22-23H,3,12-17H2,1-2H3,(H,28,33)(H,30,31). The molecule has 0 aromatic heterocycles. The summed E-state index contributed by atoms with van der Waals surface area (Å²) >= 11 is 0. The van der Waals surface area contributed by atoms with Crippen LogP contribution in [0.4, 0.5) is 4.79 Å². The Labute approximate surface area is 205 Å². The Kier molecular flexibility index (Phi) is 7.40. The second kappa shape index (κ2) is 10.5. The third-order valence-electron chi connectivity index (χ3n) is 6.96. The van der Waals surface area contributed by atoms with E-state index in [1.54, 1.807) is 11.8 Å². The van der Waals surface area contributed by atoms with E-state index in [4.69, 9.17) is 14.6 Å². The topological polar surface area (TPSA) is 105 Å². The van der Waals surface area contributed by atoms with Crippen LogP contribution in [0.15, 0.2) is 48.5 Å². The third-order valence-corrected chi connectivity index (χ3v) is 6.96. The summed E-state index contributed by atoms with van der Waals surface area (Å²) in [5.74, 6) is -1.24. The number of nitrogens with one attached hydrogen (secondary N) is 1. The fourth-order valence-corrected chi connectivity index (χ4v) is 5.04. The summed E-state index contributed by atoms with van der Waals surface area (Å²) in [5.41, 5.74) is 3.55. The predicted octanol–water partition coefficient (Wildman–Crippen LogP) is 3.64. The first-order valence-corrected chi connectivity index (χ1v) is 12.1. The van der Waals surface area contributed by atoms with Gasteiger partial charge in [-0.05, 0) is 35.6 Å². The normalized spacial score (nSPS) is 20.7. The van der Waals surface area contributed by atoms with Gasteiger partial charge in [0.05, 0.1) is 31.1 Å². The van der Waals surface area contributed by atoms with Gasteiger partial charge in [-0.2, -0.15) is 0 Å². The average molecular weight is 481 g/mol. The molecular weight excluding hydrogens is 448 g/mol. The first-order valence-electron chi connectivity index (χ1n) is 12.1. The van der Waals surface area contributed by atoms with Crippen molar-refractivity contribution in [1.29, 1.82) is 0 Å². The summed E-state index contributed by atoms with van der Waals surface area (Å²) in [5, 5.41) is 11.9. The van der Waals surface area contributed by atoms with Crippen molar-refractivity contribution in [2.45, 2.75) is 38.6 Å². The predicted molar refractivity (Wildman–Crippen MR) is 130 cm³/mol. The SMILES string of the molecule is CCCN(CCC(=O)O)C(=O)C1(C)COCC1NC(=O)OCC1c2ccccc2-c2ccccc21. The van der Waals surface area contributed by atoms with Crippen molar-refractivity contribution in [3.05, 3.63) is 59.7 Å². The van der Waals surface area contributed by atoms with E-state index in [2.05, 4.69) is 29.6 Å². The molecule has 2 atom stereocenters. The maximum absolute atomic E-state index is 13.4. The molecule has 0 radical (unpaired) electrons. The van der Waals surface area contributed by atoms with Crippen molar-refractivity contribution >= 4 is 18.0 Å². The van der Waals surface area contributed by atoms with Gasteiger partial charge in [0.2, 0.25) is 5.91 Å². The van der Waals surface area contributed by atoms with Crippen molar-refractivity contribution < 1.29 is 29.0 Å². The highest BCUT2D eigenvalue weighted by Crippen LogP contribution is 2.44. The number of carbonyl (C=O) groups excluding carboxylic acids is 2. The number of nitrogens with zero attached hydrogens (tertiary/aromatic N) is 1. The van der Waals surface area contributed by atoms with Gasteiger partial charge in [0.15, 0.2) is 0 Å². The summed E-state index contributed by atoms with van der Waals surface area (Å²) in [4.78, 5) is 38.8. The average Bonchev–Trinajstić information content (AvgIpc) is 3.38. The maximum Gasteiger partial charge on any atom is 0.407 e. The Morgan fingerprint density at radius 2 is 1.71 bits per heavy atom. The van der Waals surface area contributed by atoms with Crippen LogP contribution in [0.3, 0.4) is 0 Å². The van der Waals surface area contributed by atoms with Crippen LogP contribution in [-0.4, -0.2) is 66.9 Å². The number of benzene rings is 2. The third kappa shape index (κ3) is 5.03. The van der Waals surface area contributed by atoms with E-state index >= 15 is 0 Å². The van der Waals surface area contributed by atoms with Gasteiger partial charge in [0.25, 0.3) is 0 Å². The van der Waals surface area contributed by atoms with Crippen LogP contribution >= 0.6 is 0 Å². The maximum atomic E-state index is 13.4. The van der Waals surface area contributed by atoms with Crippen molar-refractivity contribution in [2.24, 2.45) is 5.41 Å². The van der Waals surface area contributed by atoms with Gasteiger partial charge in [0.1, 0.15) is 6.61 Å². The number of fused-ring (bicyclic) bond motifs is 3. The van der Waals surface area contributed by atoms with Crippen LogP contribution in [0.1, 0.15) is 43.7 Å². The van der Waals surface area contributed by atoms with Crippen molar-refractivity contribution in [3.8, 4) is 11.1 Å². The molecule has 2 aliphatic rings. The Morgan fingerprint density at radius 3 is 2.31 bits per heavy atom. The quantitative estimate of drug-likeness (QED) is 0.568. The number of ether oxygens (including phenoxy) is 2. The number of hydrogen-bond donors (Lipinski definition) is 2. The molecule has 1 saturated heterocycles. The second-order valence-corrected chi connectivity index (χ2v) is 9.39. The molecule has 2 unspecified atom stereocenters. The lowest BCUT2D eigenvalue weighted by Crippen LogP contribution is -2.55. The zero-order chi connectivity index (χ0) is 25.0. The first kappa shape index (κ1) is 24.7. The number of hydrogen-bond acceptors (Lipinski definition) is 5. The zero-order valence-corrected chi connectivity index (χ0v) is 20.2. The molecular formula is C27H32N2O6. The largest absolute Gasteiger partial charge is 0.481 e. The van der Waals surface area contributed by atoms with E-state index in [0.29, 0.717) is 13.0 Å². The van der Waals surface area contributed by atoms with Crippen LogP contribution in [0, 0.1) is 5.41 Å². The molecule has 1 aliphatic carbocycles. The molecule has 2 N–H and O–H groups in total. The molecule has 1 aliphatic heterocycles. The minimum Gasteiger partial charge on any atom is -0.481 e. The number of rotatable bonds is 9. The molecule has 1 heterocycles. The fraction of sp³-hybridized carbons (Fsp3) is 0.444. The highest BCUT2D eigenvalue weighted by molar-refractivity contribution is 5.85. The molecule has 35 heavy (non-hydrogen) atoms. The summed E-state index contributed by atoms with van der Waals surface area (Å²) < 4.78 is 11.2. The number of carboxylic acids is 1. The van der Waals surface area contributed by atoms with E-state index in [9.17, 15) is 14.4 Å². The lowest BCUT2D eigenvalue weighted by atomic mass is 9.83. The second-order valence-electron chi connectivity index (χ2n) is 9.39. The van der Waals surface area contributed by atoms with Crippen LogP contribution in [-0.2, 0) is 19.1 Å². The summed E-state index contributed by atoms with van der Waals surface area (Å²) in [6.07, 6.45) is -0.0334. The van der Waals surface area contributed by atoms with Gasteiger partial charge < -0.3 is 24.8 Å². The van der Waals surface area contributed by atoms with E-state index in [1.165, 1.54) is 0 Å². The Morgan fingerprint density at radius 1 is 1.09 bits per heavy atom. The van der Waals surface area contributed by atoms with Gasteiger partial charge in [0, 0.05) is 19.0 Å². The van der Waals surface area contributed by atoms with Crippen molar-refractivity contribution in [2.75, 3.05) is 32.9 Å². The van der Waals surface area contributed by atoms with Crippen LogP contribution in [0.2, 0.25) is 0 Å². The molecule has 4 rings (SSSR count). The molecule has 0 spiro atoms. The van der Waals surface area contributed by atoms with Crippen LogP contribution in [0.25, 0.3) is 11.1 Å². The molecule has 186 valence electrons. The van der Waals surface area contributed by atoms with Gasteiger partial charge >= 0.3 is 12.1 Å². The highest BCUT2D eigenvalue weighted by atomic mass is 16.5. The van der Waals surface area contributed by atoms with E-state index in [0.717, 1.165) is 22.3 Å². The summed E-state index contributed by atoms with van der Waals surface area (Å²) in [6.45, 7) is 4.76. The highest BCUT2D eigenvalue weighted by Gasteiger charge is 2.49. The number of carboxylic acid groups (broad SMARTS) is 1. The van der Waals surface area contributed by atoms with Gasteiger partial charge in [-0.3, -0.25) is 9.59 Å². The van der Waals surface area contributed by atoms with Gasteiger partial charge in [-0.1, -0.05) is 55.5 Å². The molecule has 0 bridgehead atoms. The number of carbonyl (C=O) groups is 3. The minimum absolute atomic E-state index is 0.0583. The van der Waals surface area contributed by atoms with Gasteiger partial charge in [-0.15, -0.1) is 0 Å². The lowest BCUT2D eigenvalue weighted by molar-refractivity contribution is -0.143. The number of alkyl carbamates (subject to hydrolysis) is 1. The lowest BCUT2D eigenvalue weighted by Gasteiger charge is -2.34. The molecule has 1 fully saturated rings. The smallest absolute Gasteiger partial charge is 0.407 e. The van der Waals surface area contributed by atoms with Gasteiger partial charge in [-0.25, -0.2) is 4.79 Å². The van der Waals surface area contributed by atoms with E-state index in [-0.39, 0.29) is 44.6 Å². The van der Waals surface area contributed by atoms with Crippen molar-refractivity contribution in [1.82, 2.24) is 10.2 Å². The van der Waals surface area contributed by atoms with E-state index < -0.39 is 23.5 Å². The minimum atomic E-state index is -1.00. The Balaban J connectivity index is 1.41. The summed E-state index contributed by atoms with van der Waals surface area (Å²) in [6, 6.07) is 15.7. The van der Waals surface area contributed by atoms with Crippen LogP contribution in [0.5, 0.6) is 0 Å². The number of amides is 2. The fourth-order valence-electron chi connectivity index (χ4n) is 5.04. The molecule has 8 nitrogen and oxygen atoms in total. The molecule has 8 heteroatoms. The van der Waals surface area contributed by atoms with Crippen LogP contribution < -0.4 is 5.32 Å².